The highest BCUT2D eigenvalue weighted by Crippen LogP contribution is 2.19. The van der Waals surface area contributed by atoms with Crippen LogP contribution in [0.4, 0.5) is 5.69 Å². The molecule has 1 aliphatic heterocycles. The molecule has 1 atom stereocenters. The van der Waals surface area contributed by atoms with Crippen LogP contribution in [-0.2, 0) is 37.1 Å². The van der Waals surface area contributed by atoms with Crippen LogP contribution in [0, 0.1) is 0 Å². The van der Waals surface area contributed by atoms with Crippen molar-refractivity contribution in [2.45, 2.75) is 38.5 Å². The van der Waals surface area contributed by atoms with Crippen molar-refractivity contribution in [2.24, 2.45) is 0 Å². The van der Waals surface area contributed by atoms with Crippen molar-refractivity contribution < 1.29 is 22.7 Å². The summed E-state index contributed by atoms with van der Waals surface area (Å²) in [5.41, 5.74) is 4.01. The van der Waals surface area contributed by atoms with E-state index in [0.717, 1.165) is 44.3 Å². The van der Waals surface area contributed by atoms with Crippen LogP contribution < -0.4 is 4.72 Å². The number of esters is 1. The molecule has 2 aromatic rings. The average Bonchev–Trinajstić information content (AvgIpc) is 2.86. The van der Waals surface area contributed by atoms with E-state index in [2.05, 4.69) is 21.8 Å². The molecule has 1 aliphatic rings. The normalized spacial score (nSPS) is 15.6. The highest BCUT2D eigenvalue weighted by atomic mass is 32.2. The van der Waals surface area contributed by atoms with Crippen LogP contribution in [0.15, 0.2) is 48.5 Å². The maximum absolute atomic E-state index is 12.4. The monoisotopic (exact) mass is 488 g/mol. The van der Waals surface area contributed by atoms with Crippen LogP contribution >= 0.6 is 0 Å². The summed E-state index contributed by atoms with van der Waals surface area (Å²) in [6.45, 7) is 5.26. The van der Waals surface area contributed by atoms with Gasteiger partial charge < -0.3 is 9.47 Å². The van der Waals surface area contributed by atoms with Crippen LogP contribution in [0.1, 0.15) is 42.4 Å². The number of sulfonamides is 1. The van der Waals surface area contributed by atoms with Crippen LogP contribution in [0.5, 0.6) is 0 Å². The Morgan fingerprint density at radius 3 is 2.12 bits per heavy atom. The van der Waals surface area contributed by atoms with E-state index >= 15 is 0 Å². The first-order chi connectivity index (χ1) is 16.4. The molecule has 0 amide bonds. The number of unbranched alkanes of at least 4 members (excludes halogenated alkanes) is 1. The van der Waals surface area contributed by atoms with Gasteiger partial charge in [0.1, 0.15) is 0 Å². The molecular weight excluding hydrogens is 452 g/mol. The predicted molar refractivity (Wildman–Crippen MR) is 135 cm³/mol. The van der Waals surface area contributed by atoms with Crippen molar-refractivity contribution in [3.63, 3.8) is 0 Å². The highest BCUT2D eigenvalue weighted by Gasteiger charge is 2.16. The molecule has 1 N–H and O–H groups in total. The number of hydrogen-bond acceptors (Lipinski definition) is 6. The minimum atomic E-state index is -3.37. The SMILES string of the molecule is COC(=O)C(C)c1ccc(CCCCc2ccc(NS(=O)(=O)CCN3CCOCC3)cc2)cc1. The molecule has 1 heterocycles. The van der Waals surface area contributed by atoms with E-state index in [4.69, 9.17) is 9.47 Å². The molecule has 0 saturated carbocycles. The zero-order valence-corrected chi connectivity index (χ0v) is 21.0. The van der Waals surface area contributed by atoms with Gasteiger partial charge in [0.2, 0.25) is 10.0 Å². The molecular formula is C26H36N2O5S. The number of carbonyl (C=O) groups is 1. The first-order valence-electron chi connectivity index (χ1n) is 11.9. The summed E-state index contributed by atoms with van der Waals surface area (Å²) in [5.74, 6) is -0.395. The third-order valence-electron chi connectivity index (χ3n) is 6.22. The van der Waals surface area contributed by atoms with Crippen molar-refractivity contribution in [3.8, 4) is 0 Å². The maximum atomic E-state index is 12.4. The smallest absolute Gasteiger partial charge is 0.312 e. The van der Waals surface area contributed by atoms with Gasteiger partial charge in [-0.15, -0.1) is 0 Å². The standard InChI is InChI=1S/C26H36N2O5S/c1-21(26(29)32-2)24-11-7-22(8-12-24)5-3-4-6-23-9-13-25(14-10-23)27-34(30,31)20-17-28-15-18-33-19-16-28/h7-14,21,27H,3-6,15-20H2,1-2H3. The molecule has 0 bridgehead atoms. The van der Waals surface area contributed by atoms with Crippen LogP contribution in [0.25, 0.3) is 0 Å². The summed E-state index contributed by atoms with van der Waals surface area (Å²) in [4.78, 5) is 13.8. The summed E-state index contributed by atoms with van der Waals surface area (Å²) in [5, 5.41) is 0. The zero-order valence-electron chi connectivity index (χ0n) is 20.2. The Bertz CT molecular complexity index is 1000. The van der Waals surface area contributed by atoms with Gasteiger partial charge in [0, 0.05) is 25.3 Å². The number of benzene rings is 2. The van der Waals surface area contributed by atoms with E-state index in [1.807, 2.05) is 43.3 Å². The van der Waals surface area contributed by atoms with Crippen molar-refractivity contribution in [1.29, 1.82) is 0 Å². The lowest BCUT2D eigenvalue weighted by molar-refractivity contribution is -0.141. The largest absolute Gasteiger partial charge is 0.469 e. The van der Waals surface area contributed by atoms with Gasteiger partial charge in [-0.3, -0.25) is 14.4 Å². The number of morpholine rings is 1. The molecule has 186 valence electrons. The number of hydrogen-bond donors (Lipinski definition) is 1. The Morgan fingerprint density at radius 2 is 1.56 bits per heavy atom. The fourth-order valence-electron chi connectivity index (χ4n) is 3.99. The highest BCUT2D eigenvalue weighted by molar-refractivity contribution is 7.92. The second-order valence-electron chi connectivity index (χ2n) is 8.77. The van der Waals surface area contributed by atoms with Crippen molar-refractivity contribution in [3.05, 3.63) is 65.2 Å². The average molecular weight is 489 g/mol. The van der Waals surface area contributed by atoms with Gasteiger partial charge >= 0.3 is 5.97 Å². The van der Waals surface area contributed by atoms with Gasteiger partial charge in [0.05, 0.1) is 32.0 Å². The fraction of sp³-hybridized carbons (Fsp3) is 0.500. The summed E-state index contributed by atoms with van der Waals surface area (Å²) >= 11 is 0. The molecule has 2 aromatic carbocycles. The van der Waals surface area contributed by atoms with Crippen LogP contribution in [-0.4, -0.2) is 65.0 Å². The quantitative estimate of drug-likeness (QED) is 0.363. The van der Waals surface area contributed by atoms with E-state index in [0.29, 0.717) is 25.4 Å². The molecule has 0 radical (unpaired) electrons. The number of nitrogens with one attached hydrogen (secondary N) is 1. The Balaban J connectivity index is 1.38. The molecule has 3 rings (SSSR count). The minimum absolute atomic E-state index is 0.0807. The Labute approximate surface area is 203 Å². The minimum Gasteiger partial charge on any atom is -0.469 e. The molecule has 1 unspecified atom stereocenters. The van der Waals surface area contributed by atoms with Crippen molar-refractivity contribution in [2.75, 3.05) is 50.4 Å². The maximum Gasteiger partial charge on any atom is 0.312 e. The van der Waals surface area contributed by atoms with Crippen LogP contribution in [0.3, 0.4) is 0 Å². The van der Waals surface area contributed by atoms with Gasteiger partial charge in [0.25, 0.3) is 0 Å². The van der Waals surface area contributed by atoms with E-state index in [-0.39, 0.29) is 17.6 Å². The van der Waals surface area contributed by atoms with E-state index in [1.165, 1.54) is 18.2 Å². The first kappa shape index (κ1) is 26.2. The second-order valence-corrected chi connectivity index (χ2v) is 10.6. The van der Waals surface area contributed by atoms with Crippen molar-refractivity contribution >= 4 is 21.7 Å². The molecule has 0 aliphatic carbocycles. The Kier molecular flexibility index (Phi) is 9.92. The lowest BCUT2D eigenvalue weighted by Gasteiger charge is -2.26. The number of ether oxygens (including phenoxy) is 2. The predicted octanol–water partition coefficient (Wildman–Crippen LogP) is 3.60. The molecule has 7 nitrogen and oxygen atoms in total. The van der Waals surface area contributed by atoms with Gasteiger partial charge in [-0.2, -0.15) is 0 Å². The zero-order chi connectivity index (χ0) is 24.4. The third kappa shape index (κ3) is 8.42. The number of aryl methyl sites for hydroxylation is 2. The second kappa shape index (κ2) is 12.9. The molecule has 1 fully saturated rings. The topological polar surface area (TPSA) is 84.9 Å². The molecule has 0 aromatic heterocycles. The van der Waals surface area contributed by atoms with Crippen molar-refractivity contribution in [1.82, 2.24) is 4.90 Å². The molecule has 8 heteroatoms. The van der Waals surface area contributed by atoms with E-state index in [1.54, 1.807) is 0 Å². The summed E-state index contributed by atoms with van der Waals surface area (Å²) < 4.78 is 37.6. The Hall–Kier alpha value is -2.42. The molecule has 34 heavy (non-hydrogen) atoms. The molecule has 0 spiro atoms. The summed E-state index contributed by atoms with van der Waals surface area (Å²) in [6.07, 6.45) is 4.03. The third-order valence-corrected chi connectivity index (χ3v) is 7.49. The van der Waals surface area contributed by atoms with Gasteiger partial charge in [-0.25, -0.2) is 8.42 Å². The van der Waals surface area contributed by atoms with Gasteiger partial charge in [-0.1, -0.05) is 36.4 Å². The number of anilines is 1. The number of nitrogens with zero attached hydrogens (tertiary/aromatic N) is 1. The van der Waals surface area contributed by atoms with Crippen LogP contribution in [0.2, 0.25) is 0 Å². The number of carbonyl (C=O) groups excluding carboxylic acids is 1. The summed E-state index contributed by atoms with van der Waals surface area (Å²) in [6, 6.07) is 15.8. The number of methoxy groups -OCH3 is 1. The first-order valence-corrected chi connectivity index (χ1v) is 13.6. The summed E-state index contributed by atoms with van der Waals surface area (Å²) in [7, 11) is -1.96. The van der Waals surface area contributed by atoms with Gasteiger partial charge in [0.15, 0.2) is 0 Å². The Morgan fingerprint density at radius 1 is 1.00 bits per heavy atom. The lowest BCUT2D eigenvalue weighted by atomic mass is 9.98. The number of rotatable bonds is 12. The lowest BCUT2D eigenvalue weighted by Crippen LogP contribution is -2.39. The van der Waals surface area contributed by atoms with E-state index in [9.17, 15) is 13.2 Å². The van der Waals surface area contributed by atoms with Gasteiger partial charge in [-0.05, 0) is 61.4 Å². The van der Waals surface area contributed by atoms with E-state index < -0.39 is 10.0 Å². The molecule has 1 saturated heterocycles. The fourth-order valence-corrected chi connectivity index (χ4v) is 5.08.